The molecule has 2 amide bonds. The number of carboxylic acid groups (broad SMARTS) is 1. The first-order valence-electron chi connectivity index (χ1n) is 7.38. The maximum Gasteiger partial charge on any atom is 0.319 e. The van der Waals surface area contributed by atoms with Crippen LogP contribution < -0.4 is 0 Å². The molecule has 114 valence electrons. The summed E-state index contributed by atoms with van der Waals surface area (Å²) in [6.45, 7) is 3.92. The van der Waals surface area contributed by atoms with Gasteiger partial charge >= 0.3 is 12.0 Å². The number of aliphatic carboxylic acids is 1. The first-order valence-corrected chi connectivity index (χ1v) is 7.38. The standard InChI is InChI=1S/C14H25N3O3/c1-15-7-5-11(8-15)9-16(2)14(20)17-6-3-4-12(10-17)13(18)19/h11-12H,3-10H2,1-2H3,(H,18,19)/t11?,12-/m1/s1. The van der Waals surface area contributed by atoms with Crippen molar-refractivity contribution >= 4 is 12.0 Å². The third-order valence-electron chi connectivity index (χ3n) is 4.39. The molecule has 0 aromatic heterocycles. The summed E-state index contributed by atoms with van der Waals surface area (Å²) >= 11 is 0. The zero-order chi connectivity index (χ0) is 14.7. The van der Waals surface area contributed by atoms with Gasteiger partial charge < -0.3 is 19.8 Å². The Morgan fingerprint density at radius 2 is 2.00 bits per heavy atom. The SMILES string of the molecule is CN1CCC(CN(C)C(=O)N2CCC[C@@H](C(=O)O)C2)C1. The molecule has 0 spiro atoms. The molecule has 2 aliphatic rings. The van der Waals surface area contributed by atoms with E-state index in [1.165, 1.54) is 0 Å². The fourth-order valence-corrected chi connectivity index (χ4v) is 3.23. The molecule has 2 aliphatic heterocycles. The predicted molar refractivity (Wildman–Crippen MR) is 75.6 cm³/mol. The third-order valence-corrected chi connectivity index (χ3v) is 4.39. The van der Waals surface area contributed by atoms with Crippen molar-refractivity contribution in [3.05, 3.63) is 0 Å². The summed E-state index contributed by atoms with van der Waals surface area (Å²) in [5, 5.41) is 9.08. The average molecular weight is 283 g/mol. The number of piperidine rings is 1. The molecule has 1 N–H and O–H groups in total. The topological polar surface area (TPSA) is 64.1 Å². The second kappa shape index (κ2) is 6.43. The Morgan fingerprint density at radius 3 is 2.60 bits per heavy atom. The number of rotatable bonds is 3. The van der Waals surface area contributed by atoms with E-state index < -0.39 is 11.9 Å². The zero-order valence-electron chi connectivity index (χ0n) is 12.4. The maximum absolute atomic E-state index is 12.4. The van der Waals surface area contributed by atoms with E-state index in [-0.39, 0.29) is 6.03 Å². The van der Waals surface area contributed by atoms with Gasteiger partial charge in [-0.3, -0.25) is 4.79 Å². The quantitative estimate of drug-likeness (QED) is 0.831. The van der Waals surface area contributed by atoms with Gasteiger partial charge in [-0.25, -0.2) is 4.79 Å². The van der Waals surface area contributed by atoms with Crippen LogP contribution in [0.25, 0.3) is 0 Å². The number of carbonyl (C=O) groups is 2. The minimum Gasteiger partial charge on any atom is -0.481 e. The molecule has 2 rings (SSSR count). The summed E-state index contributed by atoms with van der Waals surface area (Å²) in [7, 11) is 3.93. The van der Waals surface area contributed by atoms with Crippen molar-refractivity contribution in [1.29, 1.82) is 0 Å². The molecule has 0 aromatic carbocycles. The lowest BCUT2D eigenvalue weighted by molar-refractivity contribution is -0.143. The summed E-state index contributed by atoms with van der Waals surface area (Å²) in [6.07, 6.45) is 2.59. The van der Waals surface area contributed by atoms with Gasteiger partial charge in [0.05, 0.1) is 5.92 Å². The maximum atomic E-state index is 12.4. The van der Waals surface area contributed by atoms with E-state index in [4.69, 9.17) is 5.11 Å². The number of carboxylic acids is 1. The molecule has 20 heavy (non-hydrogen) atoms. The molecule has 0 aliphatic carbocycles. The molecule has 0 radical (unpaired) electrons. The van der Waals surface area contributed by atoms with Crippen molar-refractivity contribution in [3.8, 4) is 0 Å². The van der Waals surface area contributed by atoms with E-state index >= 15 is 0 Å². The highest BCUT2D eigenvalue weighted by Gasteiger charge is 2.30. The van der Waals surface area contributed by atoms with Crippen molar-refractivity contribution < 1.29 is 14.7 Å². The van der Waals surface area contributed by atoms with Crippen LogP contribution in [0.3, 0.4) is 0 Å². The summed E-state index contributed by atoms with van der Waals surface area (Å²) in [5.41, 5.74) is 0. The van der Waals surface area contributed by atoms with Crippen LogP contribution in [0.4, 0.5) is 4.79 Å². The monoisotopic (exact) mass is 283 g/mol. The normalized spacial score (nSPS) is 27.6. The van der Waals surface area contributed by atoms with Crippen molar-refractivity contribution in [2.75, 3.05) is 46.8 Å². The molecule has 0 aromatic rings. The van der Waals surface area contributed by atoms with Crippen LogP contribution in [0, 0.1) is 11.8 Å². The summed E-state index contributed by atoms with van der Waals surface area (Å²) in [5.74, 6) is -0.657. The van der Waals surface area contributed by atoms with Gasteiger partial charge in [-0.1, -0.05) is 0 Å². The van der Waals surface area contributed by atoms with Crippen LogP contribution in [-0.4, -0.2) is 78.6 Å². The second-order valence-electron chi connectivity index (χ2n) is 6.20. The number of hydrogen-bond acceptors (Lipinski definition) is 3. The average Bonchev–Trinajstić information content (AvgIpc) is 2.83. The molecule has 2 saturated heterocycles. The Kier molecular flexibility index (Phi) is 4.86. The third kappa shape index (κ3) is 3.62. The largest absolute Gasteiger partial charge is 0.481 e. The molecule has 0 saturated carbocycles. The van der Waals surface area contributed by atoms with Crippen LogP contribution in [0.2, 0.25) is 0 Å². The fraction of sp³-hybridized carbons (Fsp3) is 0.857. The van der Waals surface area contributed by atoms with E-state index in [2.05, 4.69) is 11.9 Å². The van der Waals surface area contributed by atoms with Gasteiger partial charge in [0.1, 0.15) is 0 Å². The lowest BCUT2D eigenvalue weighted by Gasteiger charge is -2.34. The van der Waals surface area contributed by atoms with E-state index in [0.29, 0.717) is 25.4 Å². The molecule has 6 nitrogen and oxygen atoms in total. The van der Waals surface area contributed by atoms with Crippen LogP contribution in [-0.2, 0) is 4.79 Å². The van der Waals surface area contributed by atoms with Crippen LogP contribution in [0.5, 0.6) is 0 Å². The van der Waals surface area contributed by atoms with Crippen LogP contribution >= 0.6 is 0 Å². The minimum absolute atomic E-state index is 0.0227. The molecule has 2 heterocycles. The Balaban J connectivity index is 1.84. The summed E-state index contributed by atoms with van der Waals surface area (Å²) in [4.78, 5) is 29.2. The van der Waals surface area contributed by atoms with Crippen molar-refractivity contribution in [3.63, 3.8) is 0 Å². The molecular formula is C14H25N3O3. The predicted octanol–water partition coefficient (Wildman–Crippen LogP) is 0.786. The van der Waals surface area contributed by atoms with Crippen molar-refractivity contribution in [2.45, 2.75) is 19.3 Å². The smallest absolute Gasteiger partial charge is 0.319 e. The lowest BCUT2D eigenvalue weighted by Crippen LogP contribution is -2.48. The minimum atomic E-state index is -0.789. The number of likely N-dealkylation sites (tertiary alicyclic amines) is 2. The Labute approximate surface area is 120 Å². The van der Waals surface area contributed by atoms with Crippen LogP contribution in [0.15, 0.2) is 0 Å². The number of amides is 2. The van der Waals surface area contributed by atoms with Crippen molar-refractivity contribution in [2.24, 2.45) is 11.8 Å². The van der Waals surface area contributed by atoms with Crippen molar-refractivity contribution in [1.82, 2.24) is 14.7 Å². The number of urea groups is 1. The summed E-state index contributed by atoms with van der Waals surface area (Å²) in [6, 6.07) is -0.0227. The number of carbonyl (C=O) groups excluding carboxylic acids is 1. The van der Waals surface area contributed by atoms with E-state index in [1.807, 2.05) is 7.05 Å². The number of hydrogen-bond donors (Lipinski definition) is 1. The highest BCUT2D eigenvalue weighted by Crippen LogP contribution is 2.19. The van der Waals surface area contributed by atoms with Gasteiger partial charge in [-0.15, -0.1) is 0 Å². The molecule has 6 heteroatoms. The molecule has 0 bridgehead atoms. The Bertz CT molecular complexity index is 375. The summed E-state index contributed by atoms with van der Waals surface area (Å²) < 4.78 is 0. The molecule has 2 atom stereocenters. The first kappa shape index (κ1) is 15.1. The Hall–Kier alpha value is -1.30. The molecule has 2 fully saturated rings. The van der Waals surface area contributed by atoms with Crippen LogP contribution in [0.1, 0.15) is 19.3 Å². The first-order chi connectivity index (χ1) is 9.47. The van der Waals surface area contributed by atoms with E-state index in [9.17, 15) is 9.59 Å². The van der Waals surface area contributed by atoms with E-state index in [1.54, 1.807) is 9.80 Å². The van der Waals surface area contributed by atoms with Gasteiger partial charge in [-0.05, 0) is 38.8 Å². The van der Waals surface area contributed by atoms with Gasteiger partial charge in [0.15, 0.2) is 0 Å². The van der Waals surface area contributed by atoms with Gasteiger partial charge in [-0.2, -0.15) is 0 Å². The zero-order valence-corrected chi connectivity index (χ0v) is 12.4. The molecular weight excluding hydrogens is 258 g/mol. The van der Waals surface area contributed by atoms with Gasteiger partial charge in [0.2, 0.25) is 0 Å². The lowest BCUT2D eigenvalue weighted by atomic mass is 9.98. The fourth-order valence-electron chi connectivity index (χ4n) is 3.23. The van der Waals surface area contributed by atoms with Gasteiger partial charge in [0, 0.05) is 33.2 Å². The second-order valence-corrected chi connectivity index (χ2v) is 6.20. The highest BCUT2D eigenvalue weighted by atomic mass is 16.4. The highest BCUT2D eigenvalue weighted by molar-refractivity contribution is 5.76. The Morgan fingerprint density at radius 1 is 1.25 bits per heavy atom. The molecule has 1 unspecified atom stereocenters. The number of nitrogens with zero attached hydrogens (tertiary/aromatic N) is 3. The van der Waals surface area contributed by atoms with Gasteiger partial charge in [0.25, 0.3) is 0 Å². The van der Waals surface area contributed by atoms with E-state index in [0.717, 1.165) is 32.5 Å².